The van der Waals surface area contributed by atoms with Crippen LogP contribution in [-0.2, 0) is 6.18 Å². The van der Waals surface area contributed by atoms with E-state index in [0.717, 1.165) is 18.2 Å². The molecule has 44 heavy (non-hydrogen) atoms. The van der Waals surface area contributed by atoms with Gasteiger partial charge in [-0.05, 0) is 55.6 Å². The smallest absolute Gasteiger partial charge is 0.422 e. The number of para-hydroxylation sites is 1. The molecular formula is C30H27F7N6O. The molecule has 2 aromatic heterocycles. The molecule has 7 nitrogen and oxygen atoms in total. The monoisotopic (exact) mass is 620 g/mol. The fourth-order valence-corrected chi connectivity index (χ4v) is 5.63. The summed E-state index contributed by atoms with van der Waals surface area (Å²) in [4.78, 5) is 11.1. The van der Waals surface area contributed by atoms with Crippen LogP contribution in [0.5, 0.6) is 11.5 Å². The lowest BCUT2D eigenvalue weighted by atomic mass is 9.95. The Morgan fingerprint density at radius 1 is 1.09 bits per heavy atom. The van der Waals surface area contributed by atoms with Crippen LogP contribution in [0.2, 0.25) is 0 Å². The van der Waals surface area contributed by atoms with Gasteiger partial charge in [-0.15, -0.1) is 0 Å². The molecule has 0 spiro atoms. The van der Waals surface area contributed by atoms with Gasteiger partial charge < -0.3 is 24.7 Å². The summed E-state index contributed by atoms with van der Waals surface area (Å²) in [5.74, 6) is -5.92. The molecule has 4 aromatic rings. The molecule has 2 aliphatic rings. The lowest BCUT2D eigenvalue weighted by molar-refractivity contribution is -0.138. The van der Waals surface area contributed by atoms with E-state index in [0.29, 0.717) is 12.8 Å². The van der Waals surface area contributed by atoms with Crippen LogP contribution >= 0.6 is 0 Å². The highest BCUT2D eigenvalue weighted by Gasteiger charge is 2.45. The van der Waals surface area contributed by atoms with E-state index in [-0.39, 0.29) is 54.0 Å². The van der Waals surface area contributed by atoms with E-state index in [9.17, 15) is 26.3 Å². The quantitative estimate of drug-likeness (QED) is 0.230. The van der Waals surface area contributed by atoms with Gasteiger partial charge in [-0.25, -0.2) is 27.5 Å². The first kappa shape index (κ1) is 29.7. The van der Waals surface area contributed by atoms with Crippen LogP contribution in [0.3, 0.4) is 0 Å². The summed E-state index contributed by atoms with van der Waals surface area (Å²) < 4.78 is 109. The minimum absolute atomic E-state index is 0.0219. The van der Waals surface area contributed by atoms with Gasteiger partial charge in [0, 0.05) is 37.2 Å². The summed E-state index contributed by atoms with van der Waals surface area (Å²) in [7, 11) is 0. The van der Waals surface area contributed by atoms with E-state index >= 15 is 4.39 Å². The minimum Gasteiger partial charge on any atom is -0.454 e. The number of nitrogens with zero attached hydrogens (tertiary/aromatic N) is 5. The summed E-state index contributed by atoms with van der Waals surface area (Å²) in [6.45, 7) is -0.597. The Labute approximate surface area is 247 Å². The minimum atomic E-state index is -4.98. The van der Waals surface area contributed by atoms with Gasteiger partial charge in [0.1, 0.15) is 17.0 Å². The zero-order valence-electron chi connectivity index (χ0n) is 23.2. The van der Waals surface area contributed by atoms with Crippen molar-refractivity contribution in [1.82, 2.24) is 14.4 Å². The first-order chi connectivity index (χ1) is 20.9. The maximum atomic E-state index is 16.0. The SMILES string of the molecule is NC[C@@H]1CCCN(c2c(/C=C(\F)c3cn4ccnc4c(N4CC(F)(F)C4)n3)ccc(Oc3ccccc3F)c2C(F)(F)F)C1. The highest BCUT2D eigenvalue weighted by atomic mass is 19.4. The normalized spacial score (nSPS) is 18.9. The molecule has 0 aliphatic carbocycles. The molecule has 0 bridgehead atoms. The van der Waals surface area contributed by atoms with Gasteiger partial charge >= 0.3 is 6.18 Å². The van der Waals surface area contributed by atoms with Crippen molar-refractivity contribution in [2.45, 2.75) is 24.9 Å². The lowest BCUT2D eigenvalue weighted by Crippen LogP contribution is -2.56. The van der Waals surface area contributed by atoms with Crippen LogP contribution in [0.25, 0.3) is 17.6 Å². The van der Waals surface area contributed by atoms with Gasteiger partial charge in [-0.3, -0.25) is 0 Å². The maximum absolute atomic E-state index is 16.0. The predicted molar refractivity (Wildman–Crippen MR) is 151 cm³/mol. The lowest BCUT2D eigenvalue weighted by Gasteiger charge is -2.39. The molecule has 0 saturated carbocycles. The molecular weight excluding hydrogens is 593 g/mol. The Bertz CT molecular complexity index is 1710. The molecule has 0 radical (unpaired) electrons. The van der Waals surface area contributed by atoms with Crippen LogP contribution in [-0.4, -0.2) is 53.0 Å². The third kappa shape index (κ3) is 5.77. The number of piperidine rings is 1. The average Bonchev–Trinajstić information content (AvgIpc) is 3.45. The van der Waals surface area contributed by atoms with Gasteiger partial charge in [-0.1, -0.05) is 12.1 Å². The summed E-state index contributed by atoms with van der Waals surface area (Å²) in [6, 6.07) is 7.35. The summed E-state index contributed by atoms with van der Waals surface area (Å²) in [5, 5.41) is 0. The van der Waals surface area contributed by atoms with Crippen molar-refractivity contribution in [3.8, 4) is 11.5 Å². The van der Waals surface area contributed by atoms with Crippen molar-refractivity contribution in [2.75, 3.05) is 42.5 Å². The number of benzene rings is 2. The highest BCUT2D eigenvalue weighted by Crippen LogP contribution is 2.48. The Morgan fingerprint density at radius 3 is 2.57 bits per heavy atom. The first-order valence-electron chi connectivity index (χ1n) is 13.9. The van der Waals surface area contributed by atoms with Crippen molar-refractivity contribution < 1.29 is 35.5 Å². The van der Waals surface area contributed by atoms with E-state index in [1.54, 1.807) is 0 Å². The second-order valence-corrected chi connectivity index (χ2v) is 10.9. The number of fused-ring (bicyclic) bond motifs is 1. The largest absolute Gasteiger partial charge is 0.454 e. The molecule has 0 amide bonds. The number of anilines is 2. The number of halogens is 7. The molecule has 4 heterocycles. The van der Waals surface area contributed by atoms with Crippen molar-refractivity contribution >= 4 is 29.1 Å². The standard InChI is InChI=1S/C30H27F7N6O/c31-20-5-1-2-6-23(20)44-24-8-7-19(26(25(24)30(35,36)37)41-10-3-4-18(13-38)14-41)12-21(32)22-15-42-11-9-39-27(42)28(40-22)43-16-29(33,34)17-43/h1-2,5-9,11-12,15,18H,3-4,10,13-14,16-17,38H2/b21-12-/t18-/m0/s1. The highest BCUT2D eigenvalue weighted by molar-refractivity contribution is 5.84. The van der Waals surface area contributed by atoms with E-state index < -0.39 is 53.9 Å². The average molecular weight is 621 g/mol. The number of ether oxygens (including phenoxy) is 1. The van der Waals surface area contributed by atoms with Gasteiger partial charge in [0.15, 0.2) is 28.9 Å². The molecule has 2 saturated heterocycles. The Morgan fingerprint density at radius 2 is 1.86 bits per heavy atom. The van der Waals surface area contributed by atoms with Gasteiger partial charge in [0.25, 0.3) is 5.92 Å². The molecule has 1 atom stereocenters. The van der Waals surface area contributed by atoms with E-state index in [2.05, 4.69) is 9.97 Å². The fourth-order valence-electron chi connectivity index (χ4n) is 5.63. The van der Waals surface area contributed by atoms with E-state index in [1.807, 2.05) is 0 Å². The van der Waals surface area contributed by atoms with E-state index in [1.165, 1.54) is 57.1 Å². The molecule has 14 heteroatoms. The fraction of sp³-hybridized carbons (Fsp3) is 0.333. The number of aromatic nitrogens is 3. The van der Waals surface area contributed by atoms with Crippen LogP contribution in [0.15, 0.2) is 55.0 Å². The maximum Gasteiger partial charge on any atom is 0.422 e. The van der Waals surface area contributed by atoms with Crippen molar-refractivity contribution in [3.63, 3.8) is 0 Å². The number of hydrogen-bond acceptors (Lipinski definition) is 6. The molecule has 6 rings (SSSR count). The Balaban J connectivity index is 1.49. The van der Waals surface area contributed by atoms with Crippen molar-refractivity contribution in [3.05, 3.63) is 77.6 Å². The van der Waals surface area contributed by atoms with Gasteiger partial charge in [0.2, 0.25) is 0 Å². The van der Waals surface area contributed by atoms with Crippen LogP contribution in [0.1, 0.15) is 29.7 Å². The summed E-state index contributed by atoms with van der Waals surface area (Å²) in [6.07, 6.45) is 1.37. The van der Waals surface area contributed by atoms with Crippen LogP contribution in [0, 0.1) is 11.7 Å². The summed E-state index contributed by atoms with van der Waals surface area (Å²) >= 11 is 0. The Hall–Kier alpha value is -4.33. The number of alkyl halides is 5. The number of imidazole rings is 1. The Kier molecular flexibility index (Phi) is 7.64. The molecule has 0 unspecified atom stereocenters. The number of nitrogens with two attached hydrogens (primary N) is 1. The number of rotatable bonds is 7. The second-order valence-electron chi connectivity index (χ2n) is 10.9. The topological polar surface area (TPSA) is 71.9 Å². The zero-order chi connectivity index (χ0) is 31.2. The summed E-state index contributed by atoms with van der Waals surface area (Å²) in [5.41, 5.74) is 4.15. The first-order valence-corrected chi connectivity index (χ1v) is 13.9. The zero-order valence-corrected chi connectivity index (χ0v) is 23.2. The molecule has 2 fully saturated rings. The predicted octanol–water partition coefficient (Wildman–Crippen LogP) is 6.78. The third-order valence-electron chi connectivity index (χ3n) is 7.71. The second kappa shape index (κ2) is 11.3. The molecule has 232 valence electrons. The van der Waals surface area contributed by atoms with Crippen molar-refractivity contribution in [2.24, 2.45) is 11.7 Å². The number of hydrogen-bond donors (Lipinski definition) is 1. The molecule has 2 aromatic carbocycles. The van der Waals surface area contributed by atoms with Crippen LogP contribution < -0.4 is 20.3 Å². The van der Waals surface area contributed by atoms with Crippen molar-refractivity contribution in [1.29, 1.82) is 0 Å². The van der Waals surface area contributed by atoms with Gasteiger partial charge in [-0.2, -0.15) is 13.2 Å². The molecule has 2 N–H and O–H groups in total. The third-order valence-corrected chi connectivity index (χ3v) is 7.71. The molecule has 2 aliphatic heterocycles. The van der Waals surface area contributed by atoms with Gasteiger partial charge in [0.05, 0.1) is 18.8 Å². The van der Waals surface area contributed by atoms with Crippen LogP contribution in [0.4, 0.5) is 42.2 Å². The van der Waals surface area contributed by atoms with E-state index in [4.69, 9.17) is 10.5 Å².